The highest BCUT2D eigenvalue weighted by molar-refractivity contribution is 7.15. The number of carbonyl (C=O) groups excluding carboxylic acids is 1. The third kappa shape index (κ3) is 4.28. The Morgan fingerprint density at radius 2 is 2.04 bits per heavy atom. The largest absolute Gasteiger partial charge is 0.484 e. The lowest BCUT2D eigenvalue weighted by Gasteiger charge is -2.05. The molecule has 23 heavy (non-hydrogen) atoms. The van der Waals surface area contributed by atoms with Crippen LogP contribution in [0.15, 0.2) is 36.4 Å². The highest BCUT2D eigenvalue weighted by atomic mass is 35.5. The summed E-state index contributed by atoms with van der Waals surface area (Å²) in [6.07, 6.45) is 0. The van der Waals surface area contributed by atoms with E-state index in [1.165, 1.54) is 4.88 Å². The van der Waals surface area contributed by atoms with Gasteiger partial charge in [-0.25, -0.2) is 0 Å². The minimum Gasteiger partial charge on any atom is -0.484 e. The fourth-order valence-electron chi connectivity index (χ4n) is 1.76. The van der Waals surface area contributed by atoms with Crippen molar-refractivity contribution in [2.24, 2.45) is 0 Å². The van der Waals surface area contributed by atoms with E-state index in [4.69, 9.17) is 16.3 Å². The molecule has 0 unspecified atom stereocenters. The minimum atomic E-state index is -0.287. The molecule has 3 rings (SSSR count). The van der Waals surface area contributed by atoms with Crippen molar-refractivity contribution in [3.63, 3.8) is 0 Å². The summed E-state index contributed by atoms with van der Waals surface area (Å²) in [7, 11) is 0. The number of nitrogens with one attached hydrogen (secondary N) is 1. The van der Waals surface area contributed by atoms with Crippen LogP contribution in [-0.4, -0.2) is 21.9 Å². The van der Waals surface area contributed by atoms with Gasteiger partial charge in [0.05, 0.1) is 4.88 Å². The van der Waals surface area contributed by atoms with Crippen LogP contribution >= 0.6 is 34.5 Å². The average molecular weight is 366 g/mol. The van der Waals surface area contributed by atoms with E-state index in [1.807, 2.05) is 19.1 Å². The molecule has 0 aliphatic carbocycles. The van der Waals surface area contributed by atoms with Crippen LogP contribution in [-0.2, 0) is 4.79 Å². The predicted molar refractivity (Wildman–Crippen MR) is 93.5 cm³/mol. The number of hydrogen-bond acceptors (Lipinski definition) is 6. The summed E-state index contributed by atoms with van der Waals surface area (Å²) < 4.78 is 9.63. The zero-order valence-corrected chi connectivity index (χ0v) is 14.5. The highest BCUT2D eigenvalue weighted by Crippen LogP contribution is 2.27. The second-order valence-corrected chi connectivity index (χ2v) is 7.10. The first kappa shape index (κ1) is 15.9. The van der Waals surface area contributed by atoms with Crippen LogP contribution < -0.4 is 10.1 Å². The number of halogens is 1. The predicted octanol–water partition coefficient (Wildman–Crippen LogP) is 4.25. The molecule has 0 radical (unpaired) electrons. The van der Waals surface area contributed by atoms with Gasteiger partial charge in [-0.2, -0.15) is 9.36 Å². The van der Waals surface area contributed by atoms with Crippen molar-refractivity contribution in [2.75, 3.05) is 11.9 Å². The maximum absolute atomic E-state index is 11.9. The van der Waals surface area contributed by atoms with Crippen molar-refractivity contribution in [1.82, 2.24) is 9.36 Å². The van der Waals surface area contributed by atoms with E-state index in [1.54, 1.807) is 35.6 Å². The number of rotatable bonds is 5. The Labute approximate surface area is 146 Å². The number of thiophene rings is 1. The maximum atomic E-state index is 11.9. The number of ether oxygens (including phenoxy) is 1. The van der Waals surface area contributed by atoms with Gasteiger partial charge >= 0.3 is 0 Å². The van der Waals surface area contributed by atoms with Gasteiger partial charge in [0.15, 0.2) is 12.4 Å². The van der Waals surface area contributed by atoms with E-state index in [0.717, 1.165) is 16.4 Å². The second-order valence-electron chi connectivity index (χ2n) is 4.62. The third-order valence-electron chi connectivity index (χ3n) is 2.82. The quantitative estimate of drug-likeness (QED) is 0.734. The minimum absolute atomic E-state index is 0.103. The Morgan fingerprint density at radius 1 is 1.26 bits per heavy atom. The van der Waals surface area contributed by atoms with E-state index in [0.29, 0.717) is 21.7 Å². The van der Waals surface area contributed by atoms with E-state index in [-0.39, 0.29) is 12.5 Å². The summed E-state index contributed by atoms with van der Waals surface area (Å²) in [6.45, 7) is 1.92. The molecule has 0 aliphatic rings. The molecule has 0 atom stereocenters. The van der Waals surface area contributed by atoms with Crippen LogP contribution in [0.25, 0.3) is 10.7 Å². The van der Waals surface area contributed by atoms with Crippen LogP contribution in [0.3, 0.4) is 0 Å². The smallest absolute Gasteiger partial charge is 0.264 e. The van der Waals surface area contributed by atoms with Crippen molar-refractivity contribution in [3.05, 3.63) is 46.3 Å². The van der Waals surface area contributed by atoms with Crippen LogP contribution in [0, 0.1) is 6.92 Å². The van der Waals surface area contributed by atoms with Gasteiger partial charge in [-0.3, -0.25) is 10.1 Å². The van der Waals surface area contributed by atoms with Crippen LogP contribution in [0.5, 0.6) is 5.75 Å². The molecular weight excluding hydrogens is 354 g/mol. The zero-order chi connectivity index (χ0) is 16.2. The number of aryl methyl sites for hydroxylation is 1. The normalized spacial score (nSPS) is 10.5. The Bertz CT molecular complexity index is 814. The van der Waals surface area contributed by atoms with E-state index in [9.17, 15) is 4.79 Å². The van der Waals surface area contributed by atoms with Crippen molar-refractivity contribution in [1.29, 1.82) is 0 Å². The van der Waals surface area contributed by atoms with Gasteiger partial charge in [0.25, 0.3) is 5.91 Å². The van der Waals surface area contributed by atoms with Crippen LogP contribution in [0.4, 0.5) is 5.13 Å². The lowest BCUT2D eigenvalue weighted by atomic mass is 10.3. The summed E-state index contributed by atoms with van der Waals surface area (Å²) in [6, 6.07) is 10.8. The molecule has 3 aromatic rings. The zero-order valence-electron chi connectivity index (χ0n) is 12.1. The molecule has 0 saturated carbocycles. The molecular formula is C15H12ClN3O2S2. The number of aromatic nitrogens is 2. The SMILES string of the molecule is Cc1ccc(-c2nsc(NC(=O)COc3ccc(Cl)cc3)n2)s1. The van der Waals surface area contributed by atoms with Crippen molar-refractivity contribution >= 4 is 45.5 Å². The highest BCUT2D eigenvalue weighted by Gasteiger charge is 2.11. The number of anilines is 1. The standard InChI is InChI=1S/C15H12ClN3O2S2/c1-9-2-7-12(22-9)14-18-15(23-19-14)17-13(20)8-21-11-5-3-10(16)4-6-11/h2-7H,8H2,1H3,(H,17,18,19,20). The van der Waals surface area contributed by atoms with Gasteiger partial charge < -0.3 is 4.74 Å². The van der Waals surface area contributed by atoms with Gasteiger partial charge in [0, 0.05) is 21.4 Å². The fourth-order valence-corrected chi connectivity index (χ4v) is 3.35. The molecule has 0 bridgehead atoms. The summed E-state index contributed by atoms with van der Waals surface area (Å²) in [5, 5.41) is 3.75. The Kier molecular flexibility index (Phi) is 4.90. The van der Waals surface area contributed by atoms with Crippen LogP contribution in [0.1, 0.15) is 4.88 Å². The molecule has 1 N–H and O–H groups in total. The third-order valence-corrected chi connectivity index (χ3v) is 4.70. The van der Waals surface area contributed by atoms with Crippen molar-refractivity contribution in [2.45, 2.75) is 6.92 Å². The van der Waals surface area contributed by atoms with Gasteiger partial charge in [-0.1, -0.05) is 11.6 Å². The molecule has 5 nitrogen and oxygen atoms in total. The monoisotopic (exact) mass is 365 g/mol. The van der Waals surface area contributed by atoms with Crippen molar-refractivity contribution < 1.29 is 9.53 Å². The van der Waals surface area contributed by atoms with Crippen LogP contribution in [0.2, 0.25) is 5.02 Å². The Balaban J connectivity index is 1.56. The fraction of sp³-hybridized carbons (Fsp3) is 0.133. The molecule has 118 valence electrons. The summed E-state index contributed by atoms with van der Waals surface area (Å²) >= 11 is 8.55. The maximum Gasteiger partial charge on any atom is 0.264 e. The first-order valence-electron chi connectivity index (χ1n) is 6.69. The Morgan fingerprint density at radius 3 is 2.74 bits per heavy atom. The second kappa shape index (κ2) is 7.08. The lowest BCUT2D eigenvalue weighted by molar-refractivity contribution is -0.118. The van der Waals surface area contributed by atoms with E-state index < -0.39 is 0 Å². The van der Waals surface area contributed by atoms with Crippen molar-refractivity contribution in [3.8, 4) is 16.5 Å². The summed E-state index contributed by atoms with van der Waals surface area (Å²) in [5.74, 6) is 0.920. The molecule has 0 fully saturated rings. The number of benzene rings is 1. The molecule has 1 amide bonds. The lowest BCUT2D eigenvalue weighted by Crippen LogP contribution is -2.20. The number of amides is 1. The number of nitrogens with zero attached hydrogens (tertiary/aromatic N) is 2. The number of carbonyl (C=O) groups is 1. The topological polar surface area (TPSA) is 64.1 Å². The molecule has 2 heterocycles. The molecule has 0 saturated heterocycles. The summed E-state index contributed by atoms with van der Waals surface area (Å²) in [4.78, 5) is 18.4. The van der Waals surface area contributed by atoms with Gasteiger partial charge in [-0.15, -0.1) is 11.3 Å². The van der Waals surface area contributed by atoms with E-state index in [2.05, 4.69) is 14.7 Å². The van der Waals surface area contributed by atoms with E-state index >= 15 is 0 Å². The number of hydrogen-bond donors (Lipinski definition) is 1. The van der Waals surface area contributed by atoms with Gasteiger partial charge in [0.1, 0.15) is 5.75 Å². The first-order valence-corrected chi connectivity index (χ1v) is 8.66. The Hall–Kier alpha value is -1.96. The molecule has 0 spiro atoms. The molecule has 2 aromatic heterocycles. The average Bonchev–Trinajstić information content (AvgIpc) is 3.16. The first-order chi connectivity index (χ1) is 11.1. The van der Waals surface area contributed by atoms with Gasteiger partial charge in [-0.05, 0) is 43.3 Å². The molecule has 8 heteroatoms. The summed E-state index contributed by atoms with van der Waals surface area (Å²) in [5.41, 5.74) is 0. The molecule has 1 aromatic carbocycles. The molecule has 0 aliphatic heterocycles. The van der Waals surface area contributed by atoms with Gasteiger partial charge in [0.2, 0.25) is 5.13 Å².